The average molecular weight is 331 g/mol. The highest BCUT2D eigenvalue weighted by Crippen LogP contribution is 2.19. The smallest absolute Gasteiger partial charge is 0.317 e. The maximum absolute atomic E-state index is 12.0. The Kier molecular flexibility index (Phi) is 6.15. The molecule has 2 amide bonds. The van der Waals surface area contributed by atoms with Crippen molar-refractivity contribution < 1.29 is 9.90 Å². The third-order valence-electron chi connectivity index (χ3n) is 3.77. The lowest BCUT2D eigenvalue weighted by molar-refractivity contribution is 0.137. The van der Waals surface area contributed by atoms with E-state index in [9.17, 15) is 4.79 Å². The van der Waals surface area contributed by atoms with Crippen molar-refractivity contribution in [1.29, 1.82) is 0 Å². The largest absolute Gasteiger partial charge is 0.396 e. The van der Waals surface area contributed by atoms with Gasteiger partial charge in [0.1, 0.15) is 0 Å². The van der Waals surface area contributed by atoms with Gasteiger partial charge in [0, 0.05) is 36.3 Å². The summed E-state index contributed by atoms with van der Waals surface area (Å²) in [6, 6.07) is 5.36. The first-order valence-corrected chi connectivity index (χ1v) is 7.92. The Morgan fingerprint density at radius 3 is 2.43 bits per heavy atom. The summed E-state index contributed by atoms with van der Waals surface area (Å²) >= 11 is 11.9. The van der Waals surface area contributed by atoms with Gasteiger partial charge in [0.05, 0.1) is 0 Å². The number of rotatable bonds is 4. The predicted octanol–water partition coefficient (Wildman–Crippen LogP) is 2.95. The molecule has 1 aliphatic rings. The van der Waals surface area contributed by atoms with Gasteiger partial charge in [0.25, 0.3) is 0 Å². The van der Waals surface area contributed by atoms with Gasteiger partial charge in [-0.15, -0.1) is 0 Å². The highest BCUT2D eigenvalue weighted by molar-refractivity contribution is 6.34. The monoisotopic (exact) mass is 330 g/mol. The highest BCUT2D eigenvalue weighted by atomic mass is 35.5. The Labute approximate surface area is 135 Å². The van der Waals surface area contributed by atoms with Crippen molar-refractivity contribution in [1.82, 2.24) is 10.2 Å². The second-order valence-electron chi connectivity index (χ2n) is 5.37. The molecular formula is C15H20Cl2N2O2. The zero-order valence-corrected chi connectivity index (χ0v) is 13.3. The van der Waals surface area contributed by atoms with E-state index in [1.54, 1.807) is 11.0 Å². The third kappa shape index (κ3) is 5.06. The minimum Gasteiger partial charge on any atom is -0.396 e. The van der Waals surface area contributed by atoms with E-state index < -0.39 is 0 Å². The average Bonchev–Trinajstić information content (AvgIpc) is 2.46. The molecule has 0 bridgehead atoms. The van der Waals surface area contributed by atoms with E-state index >= 15 is 0 Å². The number of carbonyl (C=O) groups excluding carboxylic acids is 1. The molecule has 1 aromatic carbocycles. The SMILES string of the molecule is O=C(NCCc1cc(Cl)cc(Cl)c1)N1CCC(CO)CC1. The molecule has 1 aliphatic heterocycles. The molecule has 6 heteroatoms. The van der Waals surface area contributed by atoms with Crippen LogP contribution in [0.4, 0.5) is 4.79 Å². The van der Waals surface area contributed by atoms with Crippen LogP contribution in [0.25, 0.3) is 0 Å². The van der Waals surface area contributed by atoms with Gasteiger partial charge in [-0.3, -0.25) is 0 Å². The number of piperidine rings is 1. The molecule has 0 aliphatic carbocycles. The standard InChI is InChI=1S/C15H20Cl2N2O2/c16-13-7-12(8-14(17)9-13)1-4-18-15(21)19-5-2-11(10-20)3-6-19/h7-9,11,20H,1-6,10H2,(H,18,21). The summed E-state index contributed by atoms with van der Waals surface area (Å²) in [6.45, 7) is 2.18. The van der Waals surface area contributed by atoms with Crippen LogP contribution in [0, 0.1) is 5.92 Å². The zero-order valence-electron chi connectivity index (χ0n) is 11.8. The molecule has 0 atom stereocenters. The molecule has 2 rings (SSSR count). The van der Waals surface area contributed by atoms with Gasteiger partial charge < -0.3 is 15.3 Å². The fraction of sp³-hybridized carbons (Fsp3) is 0.533. The number of nitrogens with zero attached hydrogens (tertiary/aromatic N) is 1. The molecule has 0 radical (unpaired) electrons. The summed E-state index contributed by atoms with van der Waals surface area (Å²) in [7, 11) is 0. The summed E-state index contributed by atoms with van der Waals surface area (Å²) < 4.78 is 0. The fourth-order valence-electron chi connectivity index (χ4n) is 2.50. The van der Waals surface area contributed by atoms with Crippen LogP contribution in [0.2, 0.25) is 10.0 Å². The van der Waals surface area contributed by atoms with Crippen molar-refractivity contribution in [3.8, 4) is 0 Å². The van der Waals surface area contributed by atoms with Gasteiger partial charge in [-0.05, 0) is 48.9 Å². The van der Waals surface area contributed by atoms with E-state index in [2.05, 4.69) is 5.32 Å². The van der Waals surface area contributed by atoms with Gasteiger partial charge >= 0.3 is 6.03 Å². The number of nitrogens with one attached hydrogen (secondary N) is 1. The molecule has 1 saturated heterocycles. The molecule has 1 fully saturated rings. The van der Waals surface area contributed by atoms with Gasteiger partial charge in [0.15, 0.2) is 0 Å². The first-order chi connectivity index (χ1) is 10.1. The van der Waals surface area contributed by atoms with Crippen LogP contribution >= 0.6 is 23.2 Å². The molecule has 0 saturated carbocycles. The second kappa shape index (κ2) is 7.87. The Morgan fingerprint density at radius 1 is 1.24 bits per heavy atom. The molecule has 0 aromatic heterocycles. The first kappa shape index (κ1) is 16.4. The van der Waals surface area contributed by atoms with Gasteiger partial charge in [0.2, 0.25) is 0 Å². The number of carbonyl (C=O) groups is 1. The van der Waals surface area contributed by atoms with Crippen LogP contribution in [-0.2, 0) is 6.42 Å². The zero-order chi connectivity index (χ0) is 15.2. The first-order valence-electron chi connectivity index (χ1n) is 7.17. The molecule has 4 nitrogen and oxygen atoms in total. The summed E-state index contributed by atoms with van der Waals surface area (Å²) in [4.78, 5) is 13.8. The molecule has 0 unspecified atom stereocenters. The Hall–Kier alpha value is -0.970. The highest BCUT2D eigenvalue weighted by Gasteiger charge is 2.21. The van der Waals surface area contributed by atoms with E-state index in [-0.39, 0.29) is 12.6 Å². The maximum Gasteiger partial charge on any atom is 0.317 e. The Bertz CT molecular complexity index is 468. The van der Waals surface area contributed by atoms with Gasteiger partial charge in [-0.25, -0.2) is 4.79 Å². The van der Waals surface area contributed by atoms with Crippen molar-refractivity contribution in [3.05, 3.63) is 33.8 Å². The minimum absolute atomic E-state index is 0.0421. The summed E-state index contributed by atoms with van der Waals surface area (Å²) in [5, 5.41) is 13.2. The molecule has 1 aromatic rings. The molecular weight excluding hydrogens is 311 g/mol. The molecule has 0 spiro atoms. The van der Waals surface area contributed by atoms with Crippen molar-refractivity contribution in [2.24, 2.45) is 5.92 Å². The summed E-state index contributed by atoms with van der Waals surface area (Å²) in [5.41, 5.74) is 1.01. The van der Waals surface area contributed by atoms with E-state index in [4.69, 9.17) is 28.3 Å². The number of benzene rings is 1. The van der Waals surface area contributed by atoms with Gasteiger partial charge in [-0.1, -0.05) is 23.2 Å². The number of aliphatic hydroxyl groups is 1. The Balaban J connectivity index is 1.74. The van der Waals surface area contributed by atoms with E-state index in [0.717, 1.165) is 18.4 Å². The lowest BCUT2D eigenvalue weighted by Crippen LogP contribution is -2.45. The number of urea groups is 1. The van der Waals surface area contributed by atoms with Crippen LogP contribution in [0.3, 0.4) is 0 Å². The summed E-state index contributed by atoms with van der Waals surface area (Å²) in [6.07, 6.45) is 2.43. The Morgan fingerprint density at radius 2 is 1.86 bits per heavy atom. The fourth-order valence-corrected chi connectivity index (χ4v) is 3.07. The van der Waals surface area contributed by atoms with Crippen LogP contribution in [0.5, 0.6) is 0 Å². The number of likely N-dealkylation sites (tertiary alicyclic amines) is 1. The number of hydrogen-bond acceptors (Lipinski definition) is 2. The van der Waals surface area contributed by atoms with E-state index in [0.29, 0.717) is 42.0 Å². The quantitative estimate of drug-likeness (QED) is 0.891. The van der Waals surface area contributed by atoms with Crippen molar-refractivity contribution >= 4 is 29.2 Å². The molecule has 21 heavy (non-hydrogen) atoms. The minimum atomic E-state index is -0.0421. The third-order valence-corrected chi connectivity index (χ3v) is 4.21. The van der Waals surface area contributed by atoms with Crippen molar-refractivity contribution in [2.45, 2.75) is 19.3 Å². The number of amides is 2. The summed E-state index contributed by atoms with van der Waals surface area (Å²) in [5.74, 6) is 0.336. The molecule has 1 heterocycles. The number of halogens is 2. The normalized spacial score (nSPS) is 16.0. The number of aliphatic hydroxyl groups excluding tert-OH is 1. The van der Waals surface area contributed by atoms with Crippen molar-refractivity contribution in [2.75, 3.05) is 26.2 Å². The van der Waals surface area contributed by atoms with E-state index in [1.165, 1.54) is 0 Å². The second-order valence-corrected chi connectivity index (χ2v) is 6.25. The van der Waals surface area contributed by atoms with Crippen LogP contribution < -0.4 is 5.32 Å². The number of hydrogen-bond donors (Lipinski definition) is 2. The van der Waals surface area contributed by atoms with Crippen molar-refractivity contribution in [3.63, 3.8) is 0 Å². The van der Waals surface area contributed by atoms with Crippen LogP contribution in [0.1, 0.15) is 18.4 Å². The maximum atomic E-state index is 12.0. The predicted molar refractivity (Wildman–Crippen MR) is 84.9 cm³/mol. The lowest BCUT2D eigenvalue weighted by atomic mass is 9.98. The van der Waals surface area contributed by atoms with E-state index in [1.807, 2.05) is 12.1 Å². The van der Waals surface area contributed by atoms with Gasteiger partial charge in [-0.2, -0.15) is 0 Å². The lowest BCUT2D eigenvalue weighted by Gasteiger charge is -2.31. The van der Waals surface area contributed by atoms with Crippen LogP contribution in [-0.4, -0.2) is 42.3 Å². The molecule has 2 N–H and O–H groups in total. The topological polar surface area (TPSA) is 52.6 Å². The molecule has 116 valence electrons. The van der Waals surface area contributed by atoms with Crippen LogP contribution in [0.15, 0.2) is 18.2 Å².